The van der Waals surface area contributed by atoms with Gasteiger partial charge < -0.3 is 10.6 Å². The summed E-state index contributed by atoms with van der Waals surface area (Å²) < 4.78 is 0. The zero-order valence-corrected chi connectivity index (χ0v) is 27.9. The fraction of sp³-hybridized carbons (Fsp3) is 0.550. The van der Waals surface area contributed by atoms with Crippen molar-refractivity contribution in [2.45, 2.75) is 143 Å². The van der Waals surface area contributed by atoms with Gasteiger partial charge in [-0.05, 0) is 76.3 Å². The molecule has 2 unspecified atom stereocenters. The number of hydrogen-bond donors (Lipinski definition) is 2. The fourth-order valence-electron chi connectivity index (χ4n) is 5.13. The molecular formula is C40H56N2O2. The zero-order chi connectivity index (χ0) is 31.8. The minimum atomic E-state index is 0.0573. The van der Waals surface area contributed by atoms with Crippen LogP contribution in [-0.2, 0) is 9.59 Å². The predicted molar refractivity (Wildman–Crippen MR) is 185 cm³/mol. The average molecular weight is 597 g/mol. The molecule has 2 aromatic rings. The number of nitrogens with one attached hydrogen (secondary N) is 2. The van der Waals surface area contributed by atoms with Crippen molar-refractivity contribution in [3.05, 3.63) is 70.8 Å². The lowest BCUT2D eigenvalue weighted by atomic mass is 10.1. The summed E-state index contributed by atoms with van der Waals surface area (Å²) in [5.74, 6) is 12.7. The molecule has 0 fully saturated rings. The van der Waals surface area contributed by atoms with Crippen LogP contribution in [0, 0.1) is 37.5 Å². The molecule has 0 radical (unpaired) electrons. The van der Waals surface area contributed by atoms with Gasteiger partial charge in [0.1, 0.15) is 0 Å². The SMILES string of the molecule is Cc1ccc(C(C)NC(=O)CCCCCCCCC#CC#CCCCCCCCCC(=O)NC(C)c2ccc(C)cc2)cc1. The molecule has 0 saturated carbocycles. The molecule has 0 aliphatic rings. The van der Waals surface area contributed by atoms with Crippen molar-refractivity contribution in [1.82, 2.24) is 10.6 Å². The second-order valence-corrected chi connectivity index (χ2v) is 12.2. The average Bonchev–Trinajstić information content (AvgIpc) is 3.00. The highest BCUT2D eigenvalue weighted by atomic mass is 16.2. The summed E-state index contributed by atoms with van der Waals surface area (Å²) in [6.45, 7) is 8.23. The summed E-state index contributed by atoms with van der Waals surface area (Å²) in [6, 6.07) is 16.8. The first-order valence-electron chi connectivity index (χ1n) is 17.0. The summed E-state index contributed by atoms with van der Waals surface area (Å²) >= 11 is 0. The molecule has 0 spiro atoms. The van der Waals surface area contributed by atoms with Gasteiger partial charge in [-0.2, -0.15) is 0 Å². The zero-order valence-electron chi connectivity index (χ0n) is 27.9. The first kappa shape index (κ1) is 36.7. The third kappa shape index (κ3) is 17.6. The number of hydrogen-bond acceptors (Lipinski definition) is 2. The number of carbonyl (C=O) groups excluding carboxylic acids is 2. The normalized spacial score (nSPS) is 11.8. The number of unbranched alkanes of at least 4 members (excludes halogenated alkanes) is 12. The fourth-order valence-corrected chi connectivity index (χ4v) is 5.13. The Labute approximate surface area is 268 Å². The molecule has 2 atom stereocenters. The summed E-state index contributed by atoms with van der Waals surface area (Å²) in [6.07, 6.45) is 16.5. The lowest BCUT2D eigenvalue weighted by molar-refractivity contribution is -0.122. The minimum Gasteiger partial charge on any atom is -0.350 e. The van der Waals surface area contributed by atoms with Crippen LogP contribution in [0.4, 0.5) is 0 Å². The molecule has 4 heteroatoms. The van der Waals surface area contributed by atoms with Crippen molar-refractivity contribution in [3.63, 3.8) is 0 Å². The quantitative estimate of drug-likeness (QED) is 0.118. The van der Waals surface area contributed by atoms with Crippen LogP contribution in [0.3, 0.4) is 0 Å². The molecule has 2 N–H and O–H groups in total. The summed E-state index contributed by atoms with van der Waals surface area (Å²) in [5.41, 5.74) is 4.77. The lowest BCUT2D eigenvalue weighted by Gasteiger charge is -2.14. The third-order valence-electron chi connectivity index (χ3n) is 8.06. The molecule has 2 amide bonds. The maximum atomic E-state index is 12.2. The summed E-state index contributed by atoms with van der Waals surface area (Å²) in [4.78, 5) is 24.4. The van der Waals surface area contributed by atoms with E-state index in [-0.39, 0.29) is 23.9 Å². The molecule has 4 nitrogen and oxygen atoms in total. The monoisotopic (exact) mass is 596 g/mol. The van der Waals surface area contributed by atoms with E-state index < -0.39 is 0 Å². The van der Waals surface area contributed by atoms with Crippen LogP contribution in [0.1, 0.15) is 151 Å². The predicted octanol–water partition coefficient (Wildman–Crippen LogP) is 9.61. The van der Waals surface area contributed by atoms with E-state index in [0.29, 0.717) is 12.8 Å². The Bertz CT molecular complexity index is 1110. The Balaban J connectivity index is 1.34. The largest absolute Gasteiger partial charge is 0.350 e. The molecular weight excluding hydrogens is 540 g/mol. The van der Waals surface area contributed by atoms with Gasteiger partial charge in [-0.25, -0.2) is 0 Å². The van der Waals surface area contributed by atoms with Crippen LogP contribution in [0.25, 0.3) is 0 Å². The smallest absolute Gasteiger partial charge is 0.220 e. The van der Waals surface area contributed by atoms with Gasteiger partial charge in [-0.3, -0.25) is 9.59 Å². The van der Waals surface area contributed by atoms with Gasteiger partial charge in [0, 0.05) is 25.7 Å². The van der Waals surface area contributed by atoms with Crippen LogP contribution in [0.15, 0.2) is 48.5 Å². The molecule has 0 heterocycles. The molecule has 2 rings (SSSR count). The minimum absolute atomic E-state index is 0.0573. The van der Waals surface area contributed by atoms with Crippen molar-refractivity contribution in [2.75, 3.05) is 0 Å². The standard InChI is InChI=1S/C40H56N2O2/c1-33-25-29-37(30-26-33)35(3)41-39(43)23-21-19-17-15-13-11-9-7-5-6-8-10-12-14-16-18-20-22-24-40(44)42-36(4)38-31-27-34(2)28-32-38/h25-32,35-36H,9-24H2,1-4H3,(H,41,43)(H,42,44). The highest BCUT2D eigenvalue weighted by molar-refractivity contribution is 5.76. The van der Waals surface area contributed by atoms with Crippen LogP contribution in [-0.4, -0.2) is 11.8 Å². The van der Waals surface area contributed by atoms with Gasteiger partial charge in [0.15, 0.2) is 0 Å². The number of aryl methyl sites for hydroxylation is 2. The highest BCUT2D eigenvalue weighted by Gasteiger charge is 2.10. The molecule has 238 valence electrons. The second kappa shape index (κ2) is 23.0. The molecule has 0 bridgehead atoms. The van der Waals surface area contributed by atoms with Crippen molar-refractivity contribution >= 4 is 11.8 Å². The van der Waals surface area contributed by atoms with Crippen molar-refractivity contribution < 1.29 is 9.59 Å². The number of benzene rings is 2. The maximum absolute atomic E-state index is 12.2. The van der Waals surface area contributed by atoms with Crippen molar-refractivity contribution in [2.24, 2.45) is 0 Å². The summed E-state index contributed by atoms with van der Waals surface area (Å²) in [7, 11) is 0. The molecule has 0 aliphatic carbocycles. The van der Waals surface area contributed by atoms with E-state index >= 15 is 0 Å². The van der Waals surface area contributed by atoms with E-state index in [1.807, 2.05) is 13.8 Å². The van der Waals surface area contributed by atoms with Crippen LogP contribution in [0.2, 0.25) is 0 Å². The molecule has 0 aliphatic heterocycles. The first-order chi connectivity index (χ1) is 21.3. The van der Waals surface area contributed by atoms with Crippen molar-refractivity contribution in [3.8, 4) is 23.7 Å². The van der Waals surface area contributed by atoms with Gasteiger partial charge in [0.25, 0.3) is 0 Å². The van der Waals surface area contributed by atoms with Gasteiger partial charge in [0.2, 0.25) is 11.8 Å². The first-order valence-corrected chi connectivity index (χ1v) is 17.0. The van der Waals surface area contributed by atoms with E-state index in [2.05, 4.69) is 96.7 Å². The van der Waals surface area contributed by atoms with E-state index in [1.165, 1.54) is 49.7 Å². The third-order valence-corrected chi connectivity index (χ3v) is 8.06. The Morgan fingerprint density at radius 2 is 0.841 bits per heavy atom. The van der Waals surface area contributed by atoms with E-state index in [0.717, 1.165) is 62.5 Å². The van der Waals surface area contributed by atoms with Gasteiger partial charge in [0.05, 0.1) is 12.1 Å². The van der Waals surface area contributed by atoms with Gasteiger partial charge in [-0.15, -0.1) is 0 Å². The number of rotatable bonds is 20. The molecule has 44 heavy (non-hydrogen) atoms. The number of amides is 2. The van der Waals surface area contributed by atoms with E-state index in [9.17, 15) is 9.59 Å². The number of carbonyl (C=O) groups is 2. The van der Waals surface area contributed by atoms with Crippen LogP contribution >= 0.6 is 0 Å². The van der Waals surface area contributed by atoms with E-state index in [1.54, 1.807) is 0 Å². The van der Waals surface area contributed by atoms with Gasteiger partial charge >= 0.3 is 0 Å². The topological polar surface area (TPSA) is 58.2 Å². The summed E-state index contributed by atoms with van der Waals surface area (Å²) in [5, 5.41) is 6.22. The molecule has 0 saturated heterocycles. The van der Waals surface area contributed by atoms with Crippen LogP contribution < -0.4 is 10.6 Å². The van der Waals surface area contributed by atoms with Crippen LogP contribution in [0.5, 0.6) is 0 Å². The Hall–Kier alpha value is -3.50. The van der Waals surface area contributed by atoms with Crippen molar-refractivity contribution in [1.29, 1.82) is 0 Å². The highest BCUT2D eigenvalue weighted by Crippen LogP contribution is 2.15. The molecule has 2 aromatic carbocycles. The lowest BCUT2D eigenvalue weighted by Crippen LogP contribution is -2.26. The Morgan fingerprint density at radius 3 is 1.20 bits per heavy atom. The van der Waals surface area contributed by atoms with Gasteiger partial charge in [-0.1, -0.05) is 123 Å². The molecule has 0 aromatic heterocycles. The Kier molecular flexibility index (Phi) is 19.1. The maximum Gasteiger partial charge on any atom is 0.220 e. The second-order valence-electron chi connectivity index (χ2n) is 12.2. The Morgan fingerprint density at radius 1 is 0.523 bits per heavy atom. The van der Waals surface area contributed by atoms with E-state index in [4.69, 9.17) is 0 Å².